The van der Waals surface area contributed by atoms with Crippen molar-refractivity contribution in [3.05, 3.63) is 21.9 Å². The predicted molar refractivity (Wildman–Crippen MR) is 90.0 cm³/mol. The van der Waals surface area contributed by atoms with Gasteiger partial charge >= 0.3 is 0 Å². The van der Waals surface area contributed by atoms with Gasteiger partial charge < -0.3 is 10.6 Å². The molecule has 0 radical (unpaired) electrons. The lowest BCUT2D eigenvalue weighted by molar-refractivity contribution is -0.135. The zero-order chi connectivity index (χ0) is 15.7. The van der Waals surface area contributed by atoms with Crippen molar-refractivity contribution >= 4 is 17.2 Å². The van der Waals surface area contributed by atoms with Crippen molar-refractivity contribution in [3.8, 4) is 11.8 Å². The van der Waals surface area contributed by atoms with Gasteiger partial charge in [-0.1, -0.05) is 38.5 Å². The fraction of sp³-hybridized carbons (Fsp3) is 0.588. The number of amides is 1. The van der Waals surface area contributed by atoms with Gasteiger partial charge in [-0.25, -0.2) is 0 Å². The predicted octanol–water partition coefficient (Wildman–Crippen LogP) is 3.23. The summed E-state index contributed by atoms with van der Waals surface area (Å²) in [5, 5.41) is 2.02. The van der Waals surface area contributed by atoms with Gasteiger partial charge in [0, 0.05) is 28.8 Å². The number of unbranched alkanes of at least 4 members (excludes halogenated alkanes) is 1. The van der Waals surface area contributed by atoms with Gasteiger partial charge in [0.05, 0.1) is 13.1 Å². The summed E-state index contributed by atoms with van der Waals surface area (Å²) in [6.07, 6.45) is 4.17. The Bertz CT molecular complexity index is 498. The minimum Gasteiger partial charge on any atom is -0.340 e. The molecule has 0 aliphatic carbocycles. The van der Waals surface area contributed by atoms with Gasteiger partial charge in [0.15, 0.2) is 0 Å². The van der Waals surface area contributed by atoms with Crippen molar-refractivity contribution < 1.29 is 4.79 Å². The lowest BCUT2D eigenvalue weighted by Gasteiger charge is -2.22. The molecule has 0 aliphatic heterocycles. The Morgan fingerprint density at radius 3 is 2.86 bits per heavy atom. The first-order valence-corrected chi connectivity index (χ1v) is 8.51. The van der Waals surface area contributed by atoms with E-state index in [4.69, 9.17) is 5.73 Å². The Labute approximate surface area is 132 Å². The average molecular weight is 306 g/mol. The summed E-state index contributed by atoms with van der Waals surface area (Å²) in [5.74, 6) is 6.29. The average Bonchev–Trinajstić information content (AvgIpc) is 2.93. The van der Waals surface area contributed by atoms with Gasteiger partial charge in [0.1, 0.15) is 0 Å². The molecule has 0 saturated carbocycles. The third-order valence-electron chi connectivity index (χ3n) is 3.51. The van der Waals surface area contributed by atoms with Gasteiger partial charge in [-0.2, -0.15) is 0 Å². The van der Waals surface area contributed by atoms with Gasteiger partial charge in [-0.3, -0.25) is 4.79 Å². The highest BCUT2D eigenvalue weighted by atomic mass is 32.1. The van der Waals surface area contributed by atoms with E-state index >= 15 is 0 Å². The fourth-order valence-electron chi connectivity index (χ4n) is 2.26. The van der Waals surface area contributed by atoms with Crippen LogP contribution in [0.2, 0.25) is 0 Å². The van der Waals surface area contributed by atoms with E-state index in [1.165, 1.54) is 0 Å². The summed E-state index contributed by atoms with van der Waals surface area (Å²) in [6.45, 7) is 5.30. The molecule has 0 saturated heterocycles. The number of thiophene rings is 1. The van der Waals surface area contributed by atoms with Crippen LogP contribution < -0.4 is 5.73 Å². The number of carbonyl (C=O) groups is 1. The van der Waals surface area contributed by atoms with Crippen molar-refractivity contribution in [2.24, 2.45) is 11.7 Å². The molecule has 1 atom stereocenters. The second-order valence-corrected chi connectivity index (χ2v) is 6.25. The van der Waals surface area contributed by atoms with Crippen LogP contribution in [0.5, 0.6) is 0 Å². The first-order valence-electron chi connectivity index (χ1n) is 7.63. The Kier molecular flexibility index (Phi) is 8.11. The Hall–Kier alpha value is -1.31. The summed E-state index contributed by atoms with van der Waals surface area (Å²) in [4.78, 5) is 15.5. The van der Waals surface area contributed by atoms with Crippen molar-refractivity contribution in [2.75, 3.05) is 13.6 Å². The molecule has 0 spiro atoms. The molecule has 116 valence electrons. The summed E-state index contributed by atoms with van der Waals surface area (Å²) < 4.78 is 0. The van der Waals surface area contributed by atoms with Crippen LogP contribution in [0.3, 0.4) is 0 Å². The molecule has 3 nitrogen and oxygen atoms in total. The second kappa shape index (κ2) is 9.59. The molecule has 1 aromatic heterocycles. The molecule has 0 aliphatic rings. The standard InChI is InChI=1S/C17H26N2OS/c1-4-6-9-15(5-2)17(20)19(3)12-16-11-14(13-21-16)8-7-10-18/h11,13,15H,4-6,9-10,12,18H2,1-3H3. The fourth-order valence-corrected chi connectivity index (χ4v) is 3.13. The summed E-state index contributed by atoms with van der Waals surface area (Å²) in [6, 6.07) is 2.05. The maximum atomic E-state index is 12.4. The van der Waals surface area contributed by atoms with Gasteiger partial charge in [0.25, 0.3) is 0 Å². The van der Waals surface area contributed by atoms with E-state index in [1.54, 1.807) is 11.3 Å². The maximum Gasteiger partial charge on any atom is 0.225 e. The normalized spacial score (nSPS) is 11.6. The molecule has 2 N–H and O–H groups in total. The zero-order valence-electron chi connectivity index (χ0n) is 13.3. The number of nitrogens with two attached hydrogens (primary N) is 1. The van der Waals surface area contributed by atoms with Crippen LogP contribution in [0.1, 0.15) is 50.0 Å². The van der Waals surface area contributed by atoms with E-state index in [-0.39, 0.29) is 11.8 Å². The number of hydrogen-bond acceptors (Lipinski definition) is 3. The highest BCUT2D eigenvalue weighted by Gasteiger charge is 2.20. The van der Waals surface area contributed by atoms with Crippen LogP contribution in [-0.2, 0) is 11.3 Å². The molecular formula is C17H26N2OS. The van der Waals surface area contributed by atoms with Crippen LogP contribution >= 0.6 is 11.3 Å². The Balaban J connectivity index is 2.60. The van der Waals surface area contributed by atoms with E-state index in [2.05, 4.69) is 25.7 Å². The molecule has 1 rings (SSSR count). The molecule has 1 heterocycles. The highest BCUT2D eigenvalue weighted by molar-refractivity contribution is 7.10. The minimum absolute atomic E-state index is 0.159. The van der Waals surface area contributed by atoms with Crippen LogP contribution in [0.15, 0.2) is 11.4 Å². The smallest absolute Gasteiger partial charge is 0.225 e. The summed E-state index contributed by atoms with van der Waals surface area (Å²) in [7, 11) is 1.89. The van der Waals surface area contributed by atoms with Crippen molar-refractivity contribution in [2.45, 2.75) is 46.1 Å². The lowest BCUT2D eigenvalue weighted by Crippen LogP contribution is -2.32. The molecule has 21 heavy (non-hydrogen) atoms. The molecule has 0 aromatic carbocycles. The van der Waals surface area contributed by atoms with Crippen LogP contribution in [-0.4, -0.2) is 24.4 Å². The third kappa shape index (κ3) is 5.91. The van der Waals surface area contributed by atoms with Gasteiger partial charge in [0.2, 0.25) is 5.91 Å². The zero-order valence-corrected chi connectivity index (χ0v) is 14.1. The van der Waals surface area contributed by atoms with Crippen molar-refractivity contribution in [1.82, 2.24) is 4.90 Å². The number of carbonyl (C=O) groups excluding carboxylic acids is 1. The van der Waals surface area contributed by atoms with Gasteiger partial charge in [-0.15, -0.1) is 11.3 Å². The molecule has 0 fully saturated rings. The van der Waals surface area contributed by atoms with Crippen LogP contribution in [0.4, 0.5) is 0 Å². The first kappa shape index (κ1) is 17.7. The van der Waals surface area contributed by atoms with Gasteiger partial charge in [-0.05, 0) is 18.9 Å². The molecule has 4 heteroatoms. The summed E-state index contributed by atoms with van der Waals surface area (Å²) in [5.41, 5.74) is 6.35. The van der Waals surface area contributed by atoms with E-state index < -0.39 is 0 Å². The molecular weight excluding hydrogens is 280 g/mol. The second-order valence-electron chi connectivity index (χ2n) is 5.25. The topological polar surface area (TPSA) is 46.3 Å². The molecule has 1 aromatic rings. The Morgan fingerprint density at radius 1 is 1.48 bits per heavy atom. The maximum absolute atomic E-state index is 12.4. The molecule has 0 bridgehead atoms. The summed E-state index contributed by atoms with van der Waals surface area (Å²) >= 11 is 1.65. The van der Waals surface area contributed by atoms with E-state index in [0.717, 1.165) is 36.1 Å². The van der Waals surface area contributed by atoms with E-state index in [1.807, 2.05) is 23.4 Å². The number of nitrogens with zero attached hydrogens (tertiary/aromatic N) is 1. The lowest BCUT2D eigenvalue weighted by atomic mass is 9.98. The minimum atomic E-state index is 0.159. The molecule has 1 unspecified atom stereocenters. The quantitative estimate of drug-likeness (QED) is 0.786. The first-order chi connectivity index (χ1) is 10.1. The van der Waals surface area contributed by atoms with Crippen LogP contribution in [0.25, 0.3) is 0 Å². The Morgan fingerprint density at radius 2 is 2.24 bits per heavy atom. The van der Waals surface area contributed by atoms with E-state index in [0.29, 0.717) is 13.1 Å². The highest BCUT2D eigenvalue weighted by Crippen LogP contribution is 2.19. The van der Waals surface area contributed by atoms with Crippen LogP contribution in [0, 0.1) is 17.8 Å². The molecule has 1 amide bonds. The van der Waals surface area contributed by atoms with Crippen molar-refractivity contribution in [1.29, 1.82) is 0 Å². The number of rotatable bonds is 7. The number of hydrogen-bond donors (Lipinski definition) is 1. The largest absolute Gasteiger partial charge is 0.340 e. The van der Waals surface area contributed by atoms with E-state index in [9.17, 15) is 4.79 Å². The third-order valence-corrected chi connectivity index (χ3v) is 4.43. The SMILES string of the molecule is CCCCC(CC)C(=O)N(C)Cc1cc(C#CCN)cs1. The van der Waals surface area contributed by atoms with Crippen molar-refractivity contribution in [3.63, 3.8) is 0 Å². The monoisotopic (exact) mass is 306 g/mol.